The van der Waals surface area contributed by atoms with E-state index in [9.17, 15) is 24.0 Å². The third-order valence-electron chi connectivity index (χ3n) is 10.6. The van der Waals surface area contributed by atoms with Gasteiger partial charge in [0.05, 0.1) is 33.9 Å². The first kappa shape index (κ1) is 42.7. The van der Waals surface area contributed by atoms with Gasteiger partial charge in [-0.05, 0) is 60.7 Å². The monoisotopic (exact) mass is 874 g/mol. The van der Waals surface area contributed by atoms with Crippen LogP contribution in [0, 0.1) is 0 Å². The van der Waals surface area contributed by atoms with Crippen LogP contribution in [-0.4, -0.2) is 95.0 Å². The Hall–Kier alpha value is -5.93. The Kier molecular flexibility index (Phi) is 13.7. The molecule has 318 valence electrons. The number of hydrogen-bond acceptors (Lipinski definition) is 14. The number of ether oxygens (including phenoxy) is 7. The Balaban J connectivity index is 1.12. The number of carbonyl (C=O) groups excluding carboxylic acids is 5. The smallest absolute Gasteiger partial charge is 0.338 e. The van der Waals surface area contributed by atoms with Crippen molar-refractivity contribution in [2.24, 2.45) is 0 Å². The average molecular weight is 875 g/mol. The Bertz CT molecular complexity index is 2310. The van der Waals surface area contributed by atoms with E-state index in [1.54, 1.807) is 175 Å². The van der Waals surface area contributed by atoms with E-state index in [2.05, 4.69) is 0 Å². The minimum absolute atomic E-state index is 0.0511. The fourth-order valence-corrected chi connectivity index (χ4v) is 11.1. The van der Waals surface area contributed by atoms with Crippen LogP contribution in [-0.2, 0) is 33.2 Å². The maximum absolute atomic E-state index is 13.8. The first-order valence-electron chi connectivity index (χ1n) is 20.1. The SMILES string of the molecule is O=C(OC[C@H]1O[C@H](O[C@@H]2C[C@@H](OC(=O)c3ccccc3)[C@H](OC(=O)c3ccccc3)C3(C2)SCCS3)[C@@H](OC(=O)c2ccccc2)[C@@H]1OC(=O)c1ccccc1)c1ccccc1. The lowest BCUT2D eigenvalue weighted by atomic mass is 9.90. The summed E-state index contributed by atoms with van der Waals surface area (Å²) in [7, 11) is 0. The van der Waals surface area contributed by atoms with Crippen LogP contribution in [0.15, 0.2) is 152 Å². The van der Waals surface area contributed by atoms with Gasteiger partial charge in [-0.2, -0.15) is 0 Å². The van der Waals surface area contributed by atoms with E-state index in [4.69, 9.17) is 33.2 Å². The molecule has 3 fully saturated rings. The van der Waals surface area contributed by atoms with E-state index < -0.39 is 83.4 Å². The number of hydrogen-bond donors (Lipinski definition) is 0. The van der Waals surface area contributed by atoms with Crippen molar-refractivity contribution in [2.75, 3.05) is 18.1 Å². The van der Waals surface area contributed by atoms with Crippen molar-refractivity contribution >= 4 is 53.4 Å². The van der Waals surface area contributed by atoms with Crippen molar-refractivity contribution in [3.63, 3.8) is 0 Å². The van der Waals surface area contributed by atoms with Crippen molar-refractivity contribution in [2.45, 2.75) is 59.8 Å². The molecule has 5 aromatic rings. The summed E-state index contributed by atoms with van der Waals surface area (Å²) in [4.78, 5) is 68.1. The zero-order valence-corrected chi connectivity index (χ0v) is 34.9. The molecule has 1 spiro atoms. The fraction of sp³-hybridized carbons (Fsp3) is 0.271. The fourth-order valence-electron chi connectivity index (χ4n) is 7.59. The van der Waals surface area contributed by atoms with Crippen LogP contribution in [0.3, 0.4) is 0 Å². The minimum Gasteiger partial charge on any atom is -0.459 e. The molecule has 1 aliphatic carbocycles. The number of esters is 5. The first-order valence-corrected chi connectivity index (χ1v) is 22.1. The summed E-state index contributed by atoms with van der Waals surface area (Å²) in [6, 6.07) is 42.1. The lowest BCUT2D eigenvalue weighted by Gasteiger charge is -2.46. The van der Waals surface area contributed by atoms with E-state index in [1.807, 2.05) is 0 Å². The van der Waals surface area contributed by atoms with Crippen molar-refractivity contribution in [3.8, 4) is 0 Å². The summed E-state index contributed by atoms with van der Waals surface area (Å²) in [6.45, 7) is -0.394. The van der Waals surface area contributed by atoms with Gasteiger partial charge in [0.25, 0.3) is 0 Å². The van der Waals surface area contributed by atoms with Crippen LogP contribution in [0.4, 0.5) is 0 Å². The number of carbonyl (C=O) groups is 5. The zero-order valence-electron chi connectivity index (χ0n) is 33.2. The van der Waals surface area contributed by atoms with Gasteiger partial charge in [0, 0.05) is 24.3 Å². The molecule has 7 atom stereocenters. The molecule has 14 heteroatoms. The molecule has 3 aliphatic rings. The molecule has 2 aliphatic heterocycles. The summed E-state index contributed by atoms with van der Waals surface area (Å²) in [5, 5.41) is 0. The van der Waals surface area contributed by atoms with Gasteiger partial charge in [-0.25, -0.2) is 24.0 Å². The molecule has 2 saturated heterocycles. The van der Waals surface area contributed by atoms with Gasteiger partial charge >= 0.3 is 29.8 Å². The summed E-state index contributed by atoms with van der Waals surface area (Å²) in [6.07, 6.45) is -7.48. The van der Waals surface area contributed by atoms with E-state index in [1.165, 1.54) is 0 Å². The Morgan fingerprint density at radius 2 is 0.919 bits per heavy atom. The molecule has 1 saturated carbocycles. The van der Waals surface area contributed by atoms with Gasteiger partial charge in [0.2, 0.25) is 0 Å². The molecule has 5 aromatic carbocycles. The number of benzene rings is 5. The third kappa shape index (κ3) is 10.1. The topological polar surface area (TPSA) is 150 Å². The quantitative estimate of drug-likeness (QED) is 0.0835. The predicted octanol–water partition coefficient (Wildman–Crippen LogP) is 7.83. The molecule has 2 heterocycles. The molecular formula is C48H42O12S2. The third-order valence-corrected chi connectivity index (χ3v) is 14.1. The van der Waals surface area contributed by atoms with Gasteiger partial charge in [-0.15, -0.1) is 23.5 Å². The normalized spacial score (nSPS) is 23.8. The minimum atomic E-state index is -1.37. The van der Waals surface area contributed by atoms with Gasteiger partial charge in [0.15, 0.2) is 24.6 Å². The van der Waals surface area contributed by atoms with Crippen LogP contribution in [0.5, 0.6) is 0 Å². The Morgan fingerprint density at radius 3 is 1.39 bits per heavy atom. The van der Waals surface area contributed by atoms with Crippen LogP contribution in [0.2, 0.25) is 0 Å². The summed E-state index contributed by atoms with van der Waals surface area (Å²) in [5.74, 6) is -1.84. The van der Waals surface area contributed by atoms with E-state index in [0.717, 1.165) is 11.5 Å². The van der Waals surface area contributed by atoms with Crippen molar-refractivity contribution in [3.05, 3.63) is 179 Å². The maximum Gasteiger partial charge on any atom is 0.338 e. The first-order chi connectivity index (χ1) is 30.3. The Labute approximate surface area is 366 Å². The highest BCUT2D eigenvalue weighted by Gasteiger charge is 2.58. The van der Waals surface area contributed by atoms with E-state index >= 15 is 0 Å². The largest absolute Gasteiger partial charge is 0.459 e. The lowest BCUT2D eigenvalue weighted by Crippen LogP contribution is -2.56. The molecule has 0 radical (unpaired) electrons. The summed E-state index contributed by atoms with van der Waals surface area (Å²) in [5.41, 5.74) is 1.41. The molecular weight excluding hydrogens is 833 g/mol. The second-order valence-electron chi connectivity index (χ2n) is 14.7. The van der Waals surface area contributed by atoms with Crippen molar-refractivity contribution < 1.29 is 57.1 Å². The highest BCUT2D eigenvalue weighted by atomic mass is 32.2. The van der Waals surface area contributed by atoms with E-state index in [0.29, 0.717) is 23.1 Å². The van der Waals surface area contributed by atoms with Crippen LogP contribution < -0.4 is 0 Å². The standard InChI is InChI=1S/C48H42O12S2/c49-42(31-16-6-1-7-17-31)54-30-38-39(58-44(51)33-20-10-3-11-21-33)40(59-45(52)34-22-12-4-13-23-34)47(57-38)55-36-28-37(56-43(50)32-18-8-2-9-19-32)41(48(29-36)61-26-27-62-48)60-46(53)35-24-14-5-15-25-35/h1-25,36-41,47H,26-30H2/t36-,37-,38-,39-,40+,41+,47+/m1/s1. The zero-order chi connectivity index (χ0) is 42.9. The molecule has 0 bridgehead atoms. The van der Waals surface area contributed by atoms with Gasteiger partial charge in [0.1, 0.15) is 22.9 Å². The molecule has 0 N–H and O–H groups in total. The van der Waals surface area contributed by atoms with Crippen LogP contribution in [0.25, 0.3) is 0 Å². The van der Waals surface area contributed by atoms with Gasteiger partial charge in [-0.1, -0.05) is 91.0 Å². The highest BCUT2D eigenvalue weighted by Crippen LogP contribution is 2.55. The lowest BCUT2D eigenvalue weighted by molar-refractivity contribution is -0.209. The molecule has 62 heavy (non-hydrogen) atoms. The van der Waals surface area contributed by atoms with Crippen LogP contribution >= 0.6 is 23.5 Å². The second kappa shape index (κ2) is 19.8. The number of rotatable bonds is 13. The second-order valence-corrected chi connectivity index (χ2v) is 17.8. The highest BCUT2D eigenvalue weighted by molar-refractivity contribution is 8.21. The molecule has 0 amide bonds. The molecule has 8 rings (SSSR count). The molecule has 12 nitrogen and oxygen atoms in total. The van der Waals surface area contributed by atoms with Crippen molar-refractivity contribution in [1.29, 1.82) is 0 Å². The van der Waals surface area contributed by atoms with Crippen LogP contribution in [0.1, 0.15) is 64.6 Å². The van der Waals surface area contributed by atoms with Crippen molar-refractivity contribution in [1.82, 2.24) is 0 Å². The summed E-state index contributed by atoms with van der Waals surface area (Å²) >= 11 is 3.17. The number of thioether (sulfide) groups is 2. The predicted molar refractivity (Wildman–Crippen MR) is 230 cm³/mol. The van der Waals surface area contributed by atoms with Gasteiger partial charge < -0.3 is 33.2 Å². The van der Waals surface area contributed by atoms with Gasteiger partial charge in [-0.3, -0.25) is 0 Å². The van der Waals surface area contributed by atoms with E-state index in [-0.39, 0.29) is 17.5 Å². The average Bonchev–Trinajstić information content (AvgIpc) is 3.91. The summed E-state index contributed by atoms with van der Waals surface area (Å²) < 4.78 is 42.9. The molecule has 0 unspecified atom stereocenters. The Morgan fingerprint density at radius 1 is 0.516 bits per heavy atom. The molecule has 0 aromatic heterocycles. The maximum atomic E-state index is 13.8.